The number of pyridine rings is 1. The van der Waals surface area contributed by atoms with Gasteiger partial charge in [-0.3, -0.25) is 0 Å². The Balaban J connectivity index is 0.00000341. The van der Waals surface area contributed by atoms with Gasteiger partial charge in [-0.25, -0.2) is 9.98 Å². The lowest BCUT2D eigenvalue weighted by Gasteiger charge is -2.33. The number of aliphatic imine (C=N–C) groups is 1. The van der Waals surface area contributed by atoms with Gasteiger partial charge in [0, 0.05) is 37.9 Å². The number of alkyl halides is 3. The van der Waals surface area contributed by atoms with Crippen LogP contribution in [0.1, 0.15) is 25.3 Å². The summed E-state index contributed by atoms with van der Waals surface area (Å²) in [5.41, 5.74) is 0.791. The zero-order valence-corrected chi connectivity index (χ0v) is 20.3. The zero-order valence-electron chi connectivity index (χ0n) is 17.2. The lowest BCUT2D eigenvalue weighted by molar-refractivity contribution is -0.154. The van der Waals surface area contributed by atoms with Gasteiger partial charge in [-0.1, -0.05) is 6.07 Å². The van der Waals surface area contributed by atoms with E-state index >= 15 is 0 Å². The summed E-state index contributed by atoms with van der Waals surface area (Å²) in [6.45, 7) is 3.77. The van der Waals surface area contributed by atoms with Gasteiger partial charge >= 0.3 is 6.18 Å². The maximum atomic E-state index is 12.2. The monoisotopic (exact) mass is 569 g/mol. The lowest BCUT2D eigenvalue weighted by atomic mass is 10.1. The number of guanidine groups is 1. The maximum absolute atomic E-state index is 12.2. The number of hydrogen-bond acceptors (Lipinski definition) is 5. The fraction of sp³-hybridized carbons (Fsp3) is 0.500. The number of piperidine rings is 1. The molecule has 1 fully saturated rings. The number of thiophene rings is 1. The first-order chi connectivity index (χ1) is 14.4. The van der Waals surface area contributed by atoms with Crippen molar-refractivity contribution in [3.05, 3.63) is 41.4 Å². The topological polar surface area (TPSA) is 61.8 Å². The predicted octanol–water partition coefficient (Wildman–Crippen LogP) is 4.43. The number of anilines is 1. The molecule has 0 spiro atoms. The molecule has 1 saturated heterocycles. The van der Waals surface area contributed by atoms with Gasteiger partial charge in [0.15, 0.2) is 12.6 Å². The number of ether oxygens (including phenoxy) is 1. The summed E-state index contributed by atoms with van der Waals surface area (Å²) in [4.78, 5) is 10.9. The number of nitrogens with one attached hydrogen (secondary N) is 2. The number of aromatic nitrogens is 1. The molecule has 0 atom stereocenters. The Morgan fingerprint density at radius 1 is 1.29 bits per heavy atom. The Labute approximate surface area is 201 Å². The van der Waals surface area contributed by atoms with Crippen LogP contribution in [0.5, 0.6) is 5.88 Å². The van der Waals surface area contributed by atoms with E-state index in [1.54, 1.807) is 17.4 Å². The molecule has 1 aliphatic heterocycles. The molecular formula is C20H27F3IN5OS. The van der Waals surface area contributed by atoms with Crippen LogP contribution in [0.3, 0.4) is 0 Å². The average molecular weight is 569 g/mol. The quantitative estimate of drug-likeness (QED) is 0.294. The largest absolute Gasteiger partial charge is 0.468 e. The summed E-state index contributed by atoms with van der Waals surface area (Å²) < 4.78 is 41.2. The van der Waals surface area contributed by atoms with Crippen molar-refractivity contribution in [3.63, 3.8) is 0 Å². The van der Waals surface area contributed by atoms with Crippen LogP contribution in [0.2, 0.25) is 0 Å². The van der Waals surface area contributed by atoms with E-state index in [4.69, 9.17) is 0 Å². The minimum absolute atomic E-state index is 0. The molecule has 3 rings (SSSR count). The second-order valence-electron chi connectivity index (χ2n) is 6.96. The highest BCUT2D eigenvalue weighted by molar-refractivity contribution is 14.0. The highest BCUT2D eigenvalue weighted by atomic mass is 127. The Kier molecular flexibility index (Phi) is 10.1. The molecule has 172 valence electrons. The third-order valence-electron chi connectivity index (χ3n) is 4.60. The van der Waals surface area contributed by atoms with Crippen LogP contribution in [0.25, 0.3) is 0 Å². The molecule has 1 aliphatic rings. The molecule has 11 heteroatoms. The van der Waals surface area contributed by atoms with E-state index in [-0.39, 0.29) is 29.9 Å². The fourth-order valence-electron chi connectivity index (χ4n) is 3.12. The molecule has 0 aromatic carbocycles. The molecule has 0 radical (unpaired) electrons. The van der Waals surface area contributed by atoms with Crippen molar-refractivity contribution in [1.29, 1.82) is 0 Å². The molecule has 2 aromatic rings. The van der Waals surface area contributed by atoms with E-state index in [2.05, 4.69) is 47.8 Å². The van der Waals surface area contributed by atoms with E-state index in [1.807, 2.05) is 6.92 Å². The summed E-state index contributed by atoms with van der Waals surface area (Å²) in [5.74, 6) is 0.673. The van der Waals surface area contributed by atoms with Crippen LogP contribution in [-0.4, -0.2) is 49.4 Å². The first-order valence-electron chi connectivity index (χ1n) is 9.90. The summed E-state index contributed by atoms with van der Waals surface area (Å²) in [6.07, 6.45) is -0.848. The fourth-order valence-corrected chi connectivity index (χ4v) is 3.91. The lowest BCUT2D eigenvalue weighted by Crippen LogP contribution is -2.48. The Morgan fingerprint density at radius 3 is 2.65 bits per heavy atom. The van der Waals surface area contributed by atoms with Crippen LogP contribution >= 0.6 is 35.3 Å². The van der Waals surface area contributed by atoms with E-state index < -0.39 is 12.8 Å². The molecule has 31 heavy (non-hydrogen) atoms. The standard InChI is InChI=1S/C20H26F3N5OS.HI/c1-2-24-19(27-16-7-9-28(10-8-16)18-4-3-11-30-18)26-13-15-5-6-17(25-12-15)29-14-20(21,22)23;/h3-6,11-12,16H,2,7-10,13-14H2,1H3,(H2,24,26,27);1H. The van der Waals surface area contributed by atoms with E-state index in [0.717, 1.165) is 44.0 Å². The molecule has 0 unspecified atom stereocenters. The van der Waals surface area contributed by atoms with Crippen LogP contribution in [-0.2, 0) is 6.54 Å². The van der Waals surface area contributed by atoms with Crippen molar-refractivity contribution in [2.45, 2.75) is 38.5 Å². The van der Waals surface area contributed by atoms with Gasteiger partial charge in [0.1, 0.15) is 0 Å². The van der Waals surface area contributed by atoms with Gasteiger partial charge in [0.25, 0.3) is 0 Å². The molecule has 0 aliphatic carbocycles. The van der Waals surface area contributed by atoms with Crippen LogP contribution < -0.4 is 20.3 Å². The van der Waals surface area contributed by atoms with Crippen LogP contribution in [0, 0.1) is 0 Å². The van der Waals surface area contributed by atoms with E-state index in [0.29, 0.717) is 12.6 Å². The second-order valence-corrected chi connectivity index (χ2v) is 7.89. The van der Waals surface area contributed by atoms with Crippen LogP contribution in [0.4, 0.5) is 18.2 Å². The normalized spacial score (nSPS) is 15.4. The molecule has 6 nitrogen and oxygen atoms in total. The van der Waals surface area contributed by atoms with Gasteiger partial charge in [0.2, 0.25) is 5.88 Å². The smallest absolute Gasteiger partial charge is 0.422 e. The van der Waals surface area contributed by atoms with Crippen molar-refractivity contribution < 1.29 is 17.9 Å². The third-order valence-corrected chi connectivity index (χ3v) is 5.53. The number of nitrogens with zero attached hydrogens (tertiary/aromatic N) is 3. The highest BCUT2D eigenvalue weighted by Crippen LogP contribution is 2.24. The Morgan fingerprint density at radius 2 is 2.06 bits per heavy atom. The number of rotatable bonds is 7. The van der Waals surface area contributed by atoms with Gasteiger partial charge in [-0.2, -0.15) is 13.2 Å². The van der Waals surface area contributed by atoms with E-state index in [9.17, 15) is 13.2 Å². The van der Waals surface area contributed by atoms with Crippen molar-refractivity contribution in [1.82, 2.24) is 15.6 Å². The summed E-state index contributed by atoms with van der Waals surface area (Å²) in [5, 5.41) is 10.1. The van der Waals surface area contributed by atoms with Gasteiger partial charge in [0.05, 0.1) is 11.5 Å². The average Bonchev–Trinajstić information content (AvgIpc) is 3.26. The maximum Gasteiger partial charge on any atom is 0.422 e. The number of hydrogen-bond donors (Lipinski definition) is 2. The minimum Gasteiger partial charge on any atom is -0.468 e. The zero-order chi connectivity index (χ0) is 21.4. The second kappa shape index (κ2) is 12.3. The molecular weight excluding hydrogens is 542 g/mol. The third kappa shape index (κ3) is 8.71. The van der Waals surface area contributed by atoms with Crippen molar-refractivity contribution in [2.75, 3.05) is 31.1 Å². The van der Waals surface area contributed by atoms with Gasteiger partial charge in [-0.15, -0.1) is 35.3 Å². The molecule has 0 amide bonds. The SMILES string of the molecule is CCNC(=NCc1ccc(OCC(F)(F)F)nc1)NC1CCN(c2cccs2)CC1.I. The molecule has 0 bridgehead atoms. The molecule has 0 saturated carbocycles. The van der Waals surface area contributed by atoms with Crippen molar-refractivity contribution >= 4 is 46.3 Å². The van der Waals surface area contributed by atoms with Crippen molar-refractivity contribution in [3.8, 4) is 5.88 Å². The molecule has 3 heterocycles. The van der Waals surface area contributed by atoms with E-state index in [1.165, 1.54) is 17.3 Å². The predicted molar refractivity (Wildman–Crippen MR) is 129 cm³/mol. The van der Waals surface area contributed by atoms with Gasteiger partial charge < -0.3 is 20.3 Å². The number of halogens is 4. The Hall–Kier alpha value is -1.76. The summed E-state index contributed by atoms with van der Waals surface area (Å²) in [6, 6.07) is 7.67. The van der Waals surface area contributed by atoms with Crippen molar-refractivity contribution in [2.24, 2.45) is 4.99 Å². The molecule has 2 N–H and O–H groups in total. The highest BCUT2D eigenvalue weighted by Gasteiger charge is 2.28. The van der Waals surface area contributed by atoms with Crippen LogP contribution in [0.15, 0.2) is 40.8 Å². The first kappa shape index (κ1) is 25.5. The van der Waals surface area contributed by atoms with Gasteiger partial charge in [-0.05, 0) is 42.8 Å². The molecule has 2 aromatic heterocycles. The minimum atomic E-state index is -4.38. The summed E-state index contributed by atoms with van der Waals surface area (Å²) >= 11 is 1.76. The Bertz CT molecular complexity index is 794. The summed E-state index contributed by atoms with van der Waals surface area (Å²) in [7, 11) is 0. The first-order valence-corrected chi connectivity index (χ1v) is 10.8.